The van der Waals surface area contributed by atoms with Crippen LogP contribution in [0.15, 0.2) is 29.2 Å². The van der Waals surface area contributed by atoms with Gasteiger partial charge in [-0.2, -0.15) is 5.10 Å². The molecule has 1 unspecified atom stereocenters. The van der Waals surface area contributed by atoms with E-state index in [1.54, 1.807) is 13.8 Å². The molecule has 0 aliphatic rings. The Morgan fingerprint density at radius 2 is 1.86 bits per heavy atom. The van der Waals surface area contributed by atoms with Crippen LogP contribution in [-0.4, -0.2) is 18.6 Å². The fraction of sp³-hybridized carbons (Fsp3) is 0.438. The number of hydrogen-bond donors (Lipinski definition) is 2. The fourth-order valence-corrected chi connectivity index (χ4v) is 3.77. The fourth-order valence-electron chi connectivity index (χ4n) is 2.39. The van der Waals surface area contributed by atoms with Crippen molar-refractivity contribution < 1.29 is 8.42 Å². The smallest absolute Gasteiger partial charge is 0.244 e. The zero-order chi connectivity index (χ0) is 16.3. The number of benzene rings is 1. The Morgan fingerprint density at radius 1 is 1.23 bits per heavy atom. The molecule has 0 saturated carbocycles. The molecule has 2 rings (SSSR count). The molecule has 5 nitrogen and oxygen atoms in total. The lowest BCUT2D eigenvalue weighted by Gasteiger charge is -2.10. The number of sulfonamides is 1. The minimum absolute atomic E-state index is 0.240. The Hall–Kier alpha value is -1.66. The topological polar surface area (TPSA) is 74.8 Å². The minimum atomic E-state index is -3.55. The summed E-state index contributed by atoms with van der Waals surface area (Å²) in [4.78, 5) is 0.240. The Kier molecular flexibility index (Phi) is 5.03. The van der Waals surface area contributed by atoms with Crippen molar-refractivity contribution in [2.45, 2.75) is 51.5 Å². The maximum Gasteiger partial charge on any atom is 0.244 e. The number of nitrogens with zero attached hydrogens (tertiary/aromatic N) is 1. The lowest BCUT2D eigenvalue weighted by atomic mass is 9.98. The van der Waals surface area contributed by atoms with Gasteiger partial charge in [-0.1, -0.05) is 38.1 Å². The summed E-state index contributed by atoms with van der Waals surface area (Å²) in [6.45, 7) is 7.99. The molecule has 0 saturated heterocycles. The van der Waals surface area contributed by atoms with Crippen molar-refractivity contribution in [2.24, 2.45) is 0 Å². The summed E-state index contributed by atoms with van der Waals surface area (Å²) in [6.07, 6.45) is 1.09. The summed E-state index contributed by atoms with van der Waals surface area (Å²) < 4.78 is 27.4. The standard InChI is InChI=1S/C16H23N3O2S/c1-5-11(2)15-8-6-14(7-9-15)10-17-22(20,21)16-12(3)18-19-13(16)4/h6-9,11,17H,5,10H2,1-4H3,(H,18,19). The average Bonchev–Trinajstić information content (AvgIpc) is 2.84. The van der Waals surface area contributed by atoms with Crippen LogP contribution in [0.2, 0.25) is 0 Å². The van der Waals surface area contributed by atoms with Gasteiger partial charge >= 0.3 is 0 Å². The average molecular weight is 321 g/mol. The van der Waals surface area contributed by atoms with E-state index in [0.29, 0.717) is 17.3 Å². The highest BCUT2D eigenvalue weighted by Gasteiger charge is 2.21. The molecule has 0 bridgehead atoms. The van der Waals surface area contributed by atoms with E-state index >= 15 is 0 Å². The molecule has 0 radical (unpaired) electrons. The van der Waals surface area contributed by atoms with Gasteiger partial charge in [-0.15, -0.1) is 0 Å². The molecule has 1 atom stereocenters. The van der Waals surface area contributed by atoms with E-state index in [1.165, 1.54) is 5.56 Å². The zero-order valence-electron chi connectivity index (χ0n) is 13.5. The summed E-state index contributed by atoms with van der Waals surface area (Å²) in [5.74, 6) is 0.516. The van der Waals surface area contributed by atoms with Crippen LogP contribution in [0.4, 0.5) is 0 Å². The van der Waals surface area contributed by atoms with Crippen LogP contribution in [0.3, 0.4) is 0 Å². The second-order valence-electron chi connectivity index (χ2n) is 5.64. The van der Waals surface area contributed by atoms with Gasteiger partial charge in [0.05, 0.1) is 11.4 Å². The SMILES string of the molecule is CCC(C)c1ccc(CNS(=O)(=O)c2c(C)n[nH]c2C)cc1. The molecule has 6 heteroatoms. The van der Waals surface area contributed by atoms with E-state index in [4.69, 9.17) is 0 Å². The van der Waals surface area contributed by atoms with Crippen molar-refractivity contribution in [3.8, 4) is 0 Å². The van der Waals surface area contributed by atoms with Crippen LogP contribution in [0.5, 0.6) is 0 Å². The quantitative estimate of drug-likeness (QED) is 0.859. The Labute approximate surface area is 132 Å². The summed E-state index contributed by atoms with van der Waals surface area (Å²) in [5.41, 5.74) is 3.25. The molecule has 0 fully saturated rings. The van der Waals surface area contributed by atoms with Crippen LogP contribution in [0, 0.1) is 13.8 Å². The number of aromatic nitrogens is 2. The highest BCUT2D eigenvalue weighted by Crippen LogP contribution is 2.20. The second-order valence-corrected chi connectivity index (χ2v) is 7.34. The molecule has 1 heterocycles. The first-order valence-electron chi connectivity index (χ1n) is 7.45. The van der Waals surface area contributed by atoms with Crippen LogP contribution in [0.25, 0.3) is 0 Å². The Bertz CT molecular complexity index is 714. The zero-order valence-corrected chi connectivity index (χ0v) is 14.3. The Balaban J connectivity index is 2.09. The van der Waals surface area contributed by atoms with E-state index < -0.39 is 10.0 Å². The minimum Gasteiger partial charge on any atom is -0.281 e. The van der Waals surface area contributed by atoms with Crippen LogP contribution < -0.4 is 4.72 Å². The van der Waals surface area contributed by atoms with Crippen molar-refractivity contribution in [1.82, 2.24) is 14.9 Å². The number of hydrogen-bond acceptors (Lipinski definition) is 3. The lowest BCUT2D eigenvalue weighted by molar-refractivity contribution is 0.580. The molecule has 120 valence electrons. The molecule has 1 aromatic heterocycles. The predicted octanol–water partition coefficient (Wildman–Crippen LogP) is 3.02. The summed E-state index contributed by atoms with van der Waals surface area (Å²) in [6, 6.07) is 8.07. The van der Waals surface area contributed by atoms with E-state index in [1.807, 2.05) is 12.1 Å². The van der Waals surface area contributed by atoms with E-state index in [9.17, 15) is 8.42 Å². The van der Waals surface area contributed by atoms with Gasteiger partial charge in [0.1, 0.15) is 4.90 Å². The molecule has 0 aliphatic carbocycles. The molecule has 1 aromatic carbocycles. The summed E-state index contributed by atoms with van der Waals surface area (Å²) >= 11 is 0. The summed E-state index contributed by atoms with van der Waals surface area (Å²) in [7, 11) is -3.55. The normalized spacial score (nSPS) is 13.3. The number of aryl methyl sites for hydroxylation is 2. The number of aromatic amines is 1. The predicted molar refractivity (Wildman–Crippen MR) is 87.2 cm³/mol. The van der Waals surface area contributed by atoms with Gasteiger partial charge in [0.15, 0.2) is 0 Å². The molecular weight excluding hydrogens is 298 g/mol. The third-order valence-corrected chi connectivity index (χ3v) is 5.62. The van der Waals surface area contributed by atoms with Crippen molar-refractivity contribution in [3.63, 3.8) is 0 Å². The first-order valence-corrected chi connectivity index (χ1v) is 8.93. The van der Waals surface area contributed by atoms with Crippen molar-refractivity contribution in [2.75, 3.05) is 0 Å². The molecule has 2 aromatic rings. The number of nitrogens with one attached hydrogen (secondary N) is 2. The van der Waals surface area contributed by atoms with E-state index in [-0.39, 0.29) is 11.4 Å². The van der Waals surface area contributed by atoms with E-state index in [0.717, 1.165) is 12.0 Å². The van der Waals surface area contributed by atoms with Gasteiger partial charge in [-0.05, 0) is 37.3 Å². The second kappa shape index (κ2) is 6.62. The number of rotatable bonds is 6. The maximum atomic E-state index is 12.4. The van der Waals surface area contributed by atoms with Gasteiger partial charge in [0.2, 0.25) is 10.0 Å². The van der Waals surface area contributed by atoms with Gasteiger partial charge in [-0.3, -0.25) is 5.10 Å². The van der Waals surface area contributed by atoms with E-state index in [2.05, 4.69) is 40.9 Å². The van der Waals surface area contributed by atoms with Crippen molar-refractivity contribution in [3.05, 3.63) is 46.8 Å². The van der Waals surface area contributed by atoms with Gasteiger partial charge in [0, 0.05) is 6.54 Å². The third kappa shape index (κ3) is 3.56. The Morgan fingerprint density at radius 3 is 2.36 bits per heavy atom. The monoisotopic (exact) mass is 321 g/mol. The molecule has 22 heavy (non-hydrogen) atoms. The van der Waals surface area contributed by atoms with Gasteiger partial charge < -0.3 is 0 Å². The van der Waals surface area contributed by atoms with Crippen LogP contribution in [-0.2, 0) is 16.6 Å². The lowest BCUT2D eigenvalue weighted by Crippen LogP contribution is -2.24. The van der Waals surface area contributed by atoms with Gasteiger partial charge in [-0.25, -0.2) is 13.1 Å². The van der Waals surface area contributed by atoms with Crippen LogP contribution in [0.1, 0.15) is 48.7 Å². The first kappa shape index (κ1) is 16.7. The molecule has 0 aliphatic heterocycles. The molecule has 2 N–H and O–H groups in total. The first-order chi connectivity index (χ1) is 10.3. The summed E-state index contributed by atoms with van der Waals surface area (Å²) in [5, 5.41) is 6.63. The highest BCUT2D eigenvalue weighted by atomic mass is 32.2. The highest BCUT2D eigenvalue weighted by molar-refractivity contribution is 7.89. The molecule has 0 amide bonds. The molecular formula is C16H23N3O2S. The number of H-pyrrole nitrogens is 1. The maximum absolute atomic E-state index is 12.4. The van der Waals surface area contributed by atoms with Crippen molar-refractivity contribution >= 4 is 10.0 Å². The van der Waals surface area contributed by atoms with Gasteiger partial charge in [0.25, 0.3) is 0 Å². The van der Waals surface area contributed by atoms with Crippen molar-refractivity contribution in [1.29, 1.82) is 0 Å². The molecule has 0 spiro atoms. The third-order valence-electron chi connectivity index (χ3n) is 3.96. The van der Waals surface area contributed by atoms with Crippen LogP contribution >= 0.6 is 0 Å². The largest absolute Gasteiger partial charge is 0.281 e.